The van der Waals surface area contributed by atoms with Gasteiger partial charge in [0.25, 0.3) is 5.91 Å². The molecule has 0 unspecified atom stereocenters. The quantitative estimate of drug-likeness (QED) is 0.628. The molecule has 1 aromatic carbocycles. The zero-order valence-corrected chi connectivity index (χ0v) is 13.2. The lowest BCUT2D eigenvalue weighted by atomic mass is 10.0. The number of carbonyl (C=O) groups excluding carboxylic acids is 1. The van der Waals surface area contributed by atoms with Gasteiger partial charge in [-0.2, -0.15) is 4.91 Å². The predicted molar refractivity (Wildman–Crippen MR) is 81.1 cm³/mol. The lowest BCUT2D eigenvalue weighted by molar-refractivity contribution is -0.145. The monoisotopic (exact) mass is 330 g/mol. The maximum atomic E-state index is 12.3. The zero-order chi connectivity index (χ0) is 15.6. The molecular formula is C14H16Cl2N2O3. The standard InChI is InChI=1S/C14H16Cl2N2O3/c1-14(2)18(13(19)12(15)16)10(8-17-20)11(21-14)9-6-4-3-5-7-9/h3-7,10-12H,8H2,1-2H3/t10-,11-/m1/s1. The molecule has 0 spiro atoms. The Morgan fingerprint density at radius 2 is 2.00 bits per heavy atom. The summed E-state index contributed by atoms with van der Waals surface area (Å²) in [7, 11) is 0. The fourth-order valence-electron chi connectivity index (χ4n) is 2.70. The minimum atomic E-state index is -1.21. The van der Waals surface area contributed by atoms with E-state index in [9.17, 15) is 9.70 Å². The first-order valence-electron chi connectivity index (χ1n) is 6.51. The van der Waals surface area contributed by atoms with Gasteiger partial charge in [0.1, 0.15) is 18.4 Å². The van der Waals surface area contributed by atoms with Gasteiger partial charge in [-0.1, -0.05) is 58.7 Å². The first-order valence-corrected chi connectivity index (χ1v) is 7.39. The van der Waals surface area contributed by atoms with Gasteiger partial charge in [0, 0.05) is 0 Å². The van der Waals surface area contributed by atoms with Crippen molar-refractivity contribution >= 4 is 29.1 Å². The van der Waals surface area contributed by atoms with Crippen LogP contribution in [0.1, 0.15) is 25.5 Å². The Hall–Kier alpha value is -1.17. The van der Waals surface area contributed by atoms with Crippen molar-refractivity contribution in [1.29, 1.82) is 0 Å². The van der Waals surface area contributed by atoms with Crippen LogP contribution in [0.5, 0.6) is 0 Å². The summed E-state index contributed by atoms with van der Waals surface area (Å²) >= 11 is 11.4. The third-order valence-corrected chi connectivity index (χ3v) is 3.86. The number of hydrogen-bond acceptors (Lipinski definition) is 4. The van der Waals surface area contributed by atoms with Crippen LogP contribution in [0.25, 0.3) is 0 Å². The lowest BCUT2D eigenvalue weighted by Gasteiger charge is -2.33. The van der Waals surface area contributed by atoms with Gasteiger partial charge in [-0.3, -0.25) is 4.79 Å². The number of hydrogen-bond donors (Lipinski definition) is 0. The number of nitrogens with zero attached hydrogens (tertiary/aromatic N) is 2. The Kier molecular flexibility index (Phi) is 4.86. The molecule has 1 aliphatic rings. The third kappa shape index (κ3) is 3.20. The third-order valence-electron chi connectivity index (χ3n) is 3.49. The molecule has 1 saturated heterocycles. The van der Waals surface area contributed by atoms with Gasteiger partial charge < -0.3 is 9.64 Å². The van der Waals surface area contributed by atoms with Gasteiger partial charge in [-0.25, -0.2) is 0 Å². The van der Waals surface area contributed by atoms with Crippen molar-refractivity contribution in [2.45, 2.75) is 36.6 Å². The Morgan fingerprint density at radius 1 is 1.38 bits per heavy atom. The van der Waals surface area contributed by atoms with Crippen LogP contribution in [-0.4, -0.2) is 34.0 Å². The van der Waals surface area contributed by atoms with Crippen molar-refractivity contribution < 1.29 is 9.53 Å². The smallest absolute Gasteiger partial charge is 0.258 e. The van der Waals surface area contributed by atoms with Crippen LogP contribution in [0.3, 0.4) is 0 Å². The maximum Gasteiger partial charge on any atom is 0.258 e. The summed E-state index contributed by atoms with van der Waals surface area (Å²) in [5, 5.41) is 2.94. The van der Waals surface area contributed by atoms with Crippen LogP contribution in [-0.2, 0) is 9.53 Å². The summed E-state index contributed by atoms with van der Waals surface area (Å²) in [6, 6.07) is 8.84. The molecule has 0 N–H and O–H groups in total. The molecule has 0 saturated carbocycles. The molecule has 2 atom stereocenters. The number of halogens is 2. The van der Waals surface area contributed by atoms with Crippen molar-refractivity contribution in [3.8, 4) is 0 Å². The van der Waals surface area contributed by atoms with E-state index in [2.05, 4.69) is 5.18 Å². The van der Waals surface area contributed by atoms with Gasteiger partial charge in [0.05, 0.1) is 6.04 Å². The molecule has 0 aromatic heterocycles. The number of carbonyl (C=O) groups is 1. The molecule has 1 amide bonds. The molecule has 21 heavy (non-hydrogen) atoms. The summed E-state index contributed by atoms with van der Waals surface area (Å²) in [6.07, 6.45) is -0.449. The molecular weight excluding hydrogens is 315 g/mol. The van der Waals surface area contributed by atoms with E-state index < -0.39 is 28.6 Å². The average Bonchev–Trinajstić information content (AvgIpc) is 2.70. The molecule has 114 valence electrons. The molecule has 1 aliphatic heterocycles. The highest BCUT2D eigenvalue weighted by Gasteiger charge is 2.51. The normalized spacial score (nSPS) is 24.3. The molecule has 0 bridgehead atoms. The SMILES string of the molecule is CC1(C)O[C@H](c2ccccc2)[C@@H](CN=O)N1C(=O)C(Cl)Cl. The van der Waals surface area contributed by atoms with E-state index in [1.807, 2.05) is 30.3 Å². The van der Waals surface area contributed by atoms with Gasteiger partial charge >= 0.3 is 0 Å². The fourth-order valence-corrected chi connectivity index (χ4v) is 2.91. The van der Waals surface area contributed by atoms with E-state index in [1.54, 1.807) is 13.8 Å². The van der Waals surface area contributed by atoms with E-state index in [0.29, 0.717) is 0 Å². The second kappa shape index (κ2) is 6.30. The van der Waals surface area contributed by atoms with Gasteiger partial charge in [-0.15, -0.1) is 0 Å². The minimum absolute atomic E-state index is 0.0881. The molecule has 0 aliphatic carbocycles. The van der Waals surface area contributed by atoms with Crippen LogP contribution in [0, 0.1) is 4.91 Å². The Labute approximate surface area is 133 Å². The topological polar surface area (TPSA) is 59.0 Å². The number of rotatable bonds is 4. The molecule has 5 nitrogen and oxygen atoms in total. The zero-order valence-electron chi connectivity index (χ0n) is 11.7. The highest BCUT2D eigenvalue weighted by molar-refractivity contribution is 6.53. The van der Waals surface area contributed by atoms with Crippen LogP contribution in [0.15, 0.2) is 35.5 Å². The highest BCUT2D eigenvalue weighted by atomic mass is 35.5. The second-order valence-corrected chi connectivity index (χ2v) is 6.38. The van der Waals surface area contributed by atoms with Crippen LogP contribution in [0.2, 0.25) is 0 Å². The molecule has 1 heterocycles. The molecule has 1 aromatic rings. The van der Waals surface area contributed by atoms with Crippen molar-refractivity contribution in [2.24, 2.45) is 5.18 Å². The van der Waals surface area contributed by atoms with Crippen molar-refractivity contribution in [3.63, 3.8) is 0 Å². The van der Waals surface area contributed by atoms with E-state index in [0.717, 1.165) is 5.56 Å². The van der Waals surface area contributed by atoms with E-state index in [-0.39, 0.29) is 6.54 Å². The van der Waals surface area contributed by atoms with E-state index in [1.165, 1.54) is 4.90 Å². The molecule has 2 rings (SSSR count). The predicted octanol–water partition coefficient (Wildman–Crippen LogP) is 3.26. The van der Waals surface area contributed by atoms with Crippen molar-refractivity contribution in [1.82, 2.24) is 4.90 Å². The molecule has 0 radical (unpaired) electrons. The number of amides is 1. The Balaban J connectivity index is 2.40. The number of alkyl halides is 2. The summed E-state index contributed by atoms with van der Waals surface area (Å²) in [6.45, 7) is 3.39. The van der Waals surface area contributed by atoms with Gasteiger partial charge in [-0.05, 0) is 19.4 Å². The molecule has 7 heteroatoms. The largest absolute Gasteiger partial charge is 0.346 e. The van der Waals surface area contributed by atoms with Crippen molar-refractivity contribution in [3.05, 3.63) is 40.8 Å². The highest BCUT2D eigenvalue weighted by Crippen LogP contribution is 2.41. The van der Waals surface area contributed by atoms with Gasteiger partial charge in [0.15, 0.2) is 4.84 Å². The minimum Gasteiger partial charge on any atom is -0.346 e. The number of ether oxygens (including phenoxy) is 1. The lowest BCUT2D eigenvalue weighted by Crippen LogP contribution is -2.51. The first kappa shape index (κ1) is 16.2. The van der Waals surface area contributed by atoms with E-state index in [4.69, 9.17) is 27.9 Å². The van der Waals surface area contributed by atoms with Gasteiger partial charge in [0.2, 0.25) is 0 Å². The summed E-state index contributed by atoms with van der Waals surface area (Å²) in [4.78, 5) is 23.2. The summed E-state index contributed by atoms with van der Waals surface area (Å²) in [5.74, 6) is -0.490. The van der Waals surface area contributed by atoms with Crippen LogP contribution in [0.4, 0.5) is 0 Å². The van der Waals surface area contributed by atoms with Crippen LogP contribution >= 0.6 is 23.2 Å². The fraction of sp³-hybridized carbons (Fsp3) is 0.500. The average molecular weight is 331 g/mol. The number of benzene rings is 1. The molecule has 1 fully saturated rings. The second-order valence-electron chi connectivity index (χ2n) is 5.28. The Bertz CT molecular complexity index is 522. The van der Waals surface area contributed by atoms with Crippen molar-refractivity contribution in [2.75, 3.05) is 6.54 Å². The number of nitroso groups, excluding NO2 is 1. The summed E-state index contributed by atoms with van der Waals surface area (Å²) < 4.78 is 5.97. The van der Waals surface area contributed by atoms with Crippen LogP contribution < -0.4 is 0 Å². The van der Waals surface area contributed by atoms with E-state index >= 15 is 0 Å². The Morgan fingerprint density at radius 3 is 2.52 bits per heavy atom. The summed E-state index contributed by atoms with van der Waals surface area (Å²) in [5.41, 5.74) is -0.0511. The maximum absolute atomic E-state index is 12.3. The first-order chi connectivity index (χ1) is 9.88.